The molecule has 3 heterocycles. The largest absolute Gasteiger partial charge is 0.491 e. The van der Waals surface area contributed by atoms with E-state index in [2.05, 4.69) is 41.5 Å². The van der Waals surface area contributed by atoms with Gasteiger partial charge in [-0.25, -0.2) is 4.98 Å². The molecule has 15 heteroatoms. The first-order valence-electron chi connectivity index (χ1n) is 17.5. The maximum Gasteiger partial charge on any atom is 0.270 e. The standard InChI is InChI=1S/C38H44N8O7/c1-24-10-9-17-40-33(24)38(52)41-16-8-7-14-29-35(49)43-27(18-25-11-3-2-4-12-25)22-53-32-15-6-5-13-28(32)34(48)46-31(21-47)37(51)45-30(36(50)44-29)19-26-20-39-23-42-26/h2-6,9-13,15,17,20,23,27,29-31,47H,7-8,14,16,18-19,21-22H2,1H3,(H,39,42)(H,41,52)(H,43,49)(H,44,50)(H,45,51)(H,46,48)/t27-,29-,30-,31-/m0/s1. The van der Waals surface area contributed by atoms with Crippen molar-refractivity contribution < 1.29 is 33.8 Å². The molecule has 0 fully saturated rings. The number of nitrogens with zero attached hydrogens (tertiary/aromatic N) is 2. The first-order valence-corrected chi connectivity index (χ1v) is 17.5. The number of para-hydroxylation sites is 1. The topological polar surface area (TPSA) is 217 Å². The van der Waals surface area contributed by atoms with E-state index in [0.717, 1.165) is 11.1 Å². The number of H-pyrrole nitrogens is 1. The van der Waals surface area contributed by atoms with E-state index in [9.17, 15) is 29.1 Å². The third kappa shape index (κ3) is 11.0. The Hall–Kier alpha value is -6.09. The minimum Gasteiger partial charge on any atom is -0.491 e. The molecule has 4 aromatic rings. The van der Waals surface area contributed by atoms with Gasteiger partial charge in [-0.3, -0.25) is 29.0 Å². The van der Waals surface area contributed by atoms with Crippen LogP contribution in [0.1, 0.15) is 56.9 Å². The van der Waals surface area contributed by atoms with E-state index < -0.39 is 54.4 Å². The van der Waals surface area contributed by atoms with Crippen molar-refractivity contribution in [1.29, 1.82) is 0 Å². The predicted molar refractivity (Wildman–Crippen MR) is 194 cm³/mol. The molecule has 0 saturated carbocycles. The molecule has 15 nitrogen and oxygen atoms in total. The number of nitrogens with one attached hydrogen (secondary N) is 6. The Morgan fingerprint density at radius 3 is 2.34 bits per heavy atom. The number of aliphatic hydroxyl groups excluding tert-OH is 1. The number of imidazole rings is 1. The lowest BCUT2D eigenvalue weighted by atomic mass is 10.0. The van der Waals surface area contributed by atoms with Crippen molar-refractivity contribution in [2.75, 3.05) is 19.8 Å². The highest BCUT2D eigenvalue weighted by Gasteiger charge is 2.32. The molecule has 0 saturated heterocycles. The van der Waals surface area contributed by atoms with Gasteiger partial charge in [-0.05, 0) is 61.9 Å². The zero-order chi connectivity index (χ0) is 37.6. The third-order valence-corrected chi connectivity index (χ3v) is 8.72. The predicted octanol–water partition coefficient (Wildman–Crippen LogP) is 1.14. The molecule has 5 rings (SSSR count). The molecule has 0 radical (unpaired) electrons. The Morgan fingerprint density at radius 1 is 0.849 bits per heavy atom. The van der Waals surface area contributed by atoms with Gasteiger partial charge in [0.15, 0.2) is 0 Å². The fraction of sp³-hybridized carbons (Fsp3) is 0.342. The molecule has 1 aliphatic rings. The maximum absolute atomic E-state index is 14.1. The second-order valence-electron chi connectivity index (χ2n) is 12.7. The first-order chi connectivity index (χ1) is 25.7. The molecule has 0 bridgehead atoms. The van der Waals surface area contributed by atoms with Crippen molar-refractivity contribution in [3.63, 3.8) is 0 Å². The number of hydrogen-bond donors (Lipinski definition) is 7. The van der Waals surface area contributed by atoms with Crippen LogP contribution in [0.3, 0.4) is 0 Å². The van der Waals surface area contributed by atoms with Gasteiger partial charge in [-0.15, -0.1) is 0 Å². The summed E-state index contributed by atoms with van der Waals surface area (Å²) in [5.41, 5.74) is 2.65. The molecule has 0 aliphatic carbocycles. The second kappa shape index (κ2) is 18.9. The van der Waals surface area contributed by atoms with Crippen molar-refractivity contribution in [3.05, 3.63) is 114 Å². The van der Waals surface area contributed by atoms with E-state index in [1.807, 2.05) is 30.3 Å². The van der Waals surface area contributed by atoms with Crippen LogP contribution in [0.15, 0.2) is 85.5 Å². The molecule has 4 atom stereocenters. The highest BCUT2D eigenvalue weighted by atomic mass is 16.5. The number of carbonyl (C=O) groups excluding carboxylic acids is 5. The van der Waals surface area contributed by atoms with Crippen LogP contribution in [0, 0.1) is 6.92 Å². The molecule has 5 amide bonds. The Kier molecular flexibility index (Phi) is 13.6. The van der Waals surface area contributed by atoms with Crippen LogP contribution < -0.4 is 31.3 Å². The van der Waals surface area contributed by atoms with E-state index in [1.54, 1.807) is 43.5 Å². The van der Waals surface area contributed by atoms with Crippen LogP contribution in [0.5, 0.6) is 5.75 Å². The molecule has 0 spiro atoms. The van der Waals surface area contributed by atoms with Gasteiger partial charge < -0.3 is 41.4 Å². The molecule has 278 valence electrons. The highest BCUT2D eigenvalue weighted by Crippen LogP contribution is 2.19. The average molecular weight is 725 g/mol. The number of aryl methyl sites for hydroxylation is 1. The summed E-state index contributed by atoms with van der Waals surface area (Å²) in [5.74, 6) is -2.72. The molecule has 7 N–H and O–H groups in total. The van der Waals surface area contributed by atoms with Crippen molar-refractivity contribution in [2.45, 2.75) is 63.2 Å². The lowest BCUT2D eigenvalue weighted by molar-refractivity contribution is -0.133. The SMILES string of the molecule is Cc1cccnc1C(=O)NCCCC[C@@H]1NC(=O)[C@H](Cc2cnc[nH]2)NC(=O)[C@H](CO)NC(=O)c2ccccc2OC[C@H](Cc2ccccc2)NC1=O. The lowest BCUT2D eigenvalue weighted by Crippen LogP contribution is -2.59. The third-order valence-electron chi connectivity index (χ3n) is 8.72. The number of ether oxygens (including phenoxy) is 1. The minimum atomic E-state index is -1.41. The number of hydrogen-bond acceptors (Lipinski definition) is 9. The molecular formula is C38H44N8O7. The fourth-order valence-corrected chi connectivity index (χ4v) is 5.87. The van der Waals surface area contributed by atoms with Crippen LogP contribution in [0.25, 0.3) is 0 Å². The monoisotopic (exact) mass is 724 g/mol. The number of amides is 5. The Morgan fingerprint density at radius 2 is 1.58 bits per heavy atom. The number of carbonyl (C=O) groups is 5. The maximum atomic E-state index is 14.1. The minimum absolute atomic E-state index is 0.0235. The summed E-state index contributed by atoms with van der Waals surface area (Å²) in [6, 6.07) is 15.3. The molecule has 1 aliphatic heterocycles. The summed E-state index contributed by atoms with van der Waals surface area (Å²) in [5, 5.41) is 24.0. The zero-order valence-corrected chi connectivity index (χ0v) is 29.3. The smallest absolute Gasteiger partial charge is 0.270 e. The Labute approximate surface area is 306 Å². The Bertz CT molecular complexity index is 1850. The summed E-state index contributed by atoms with van der Waals surface area (Å²) < 4.78 is 6.12. The van der Waals surface area contributed by atoms with E-state index in [1.165, 1.54) is 18.6 Å². The van der Waals surface area contributed by atoms with Crippen LogP contribution in [0.2, 0.25) is 0 Å². The first kappa shape index (κ1) is 38.1. The highest BCUT2D eigenvalue weighted by molar-refractivity contribution is 6.00. The van der Waals surface area contributed by atoms with Crippen LogP contribution in [0.4, 0.5) is 0 Å². The van der Waals surface area contributed by atoms with Crippen molar-refractivity contribution in [1.82, 2.24) is 41.5 Å². The fourth-order valence-electron chi connectivity index (χ4n) is 5.87. The summed E-state index contributed by atoms with van der Waals surface area (Å²) >= 11 is 0. The van der Waals surface area contributed by atoms with Gasteiger partial charge in [-0.1, -0.05) is 48.5 Å². The summed E-state index contributed by atoms with van der Waals surface area (Å²) in [4.78, 5) is 78.5. The second-order valence-corrected chi connectivity index (χ2v) is 12.7. The van der Waals surface area contributed by atoms with Gasteiger partial charge in [0.05, 0.1) is 24.5 Å². The number of pyridine rings is 1. The number of rotatable bonds is 11. The molecular weight excluding hydrogens is 680 g/mol. The van der Waals surface area contributed by atoms with Gasteiger partial charge in [0.1, 0.15) is 36.2 Å². The van der Waals surface area contributed by atoms with E-state index in [4.69, 9.17) is 4.74 Å². The summed E-state index contributed by atoms with van der Waals surface area (Å²) in [7, 11) is 0. The average Bonchev–Trinajstić information content (AvgIpc) is 3.68. The van der Waals surface area contributed by atoms with Gasteiger partial charge in [0.25, 0.3) is 11.8 Å². The van der Waals surface area contributed by atoms with Crippen LogP contribution >= 0.6 is 0 Å². The number of aromatic nitrogens is 3. The van der Waals surface area contributed by atoms with Gasteiger partial charge in [0, 0.05) is 31.1 Å². The van der Waals surface area contributed by atoms with Crippen molar-refractivity contribution in [3.8, 4) is 5.75 Å². The van der Waals surface area contributed by atoms with E-state index in [0.29, 0.717) is 37.2 Å². The van der Waals surface area contributed by atoms with Crippen molar-refractivity contribution >= 4 is 29.5 Å². The van der Waals surface area contributed by atoms with E-state index in [-0.39, 0.29) is 36.7 Å². The zero-order valence-electron chi connectivity index (χ0n) is 29.3. The Balaban J connectivity index is 1.40. The van der Waals surface area contributed by atoms with E-state index >= 15 is 0 Å². The van der Waals surface area contributed by atoms with Crippen LogP contribution in [-0.2, 0) is 27.2 Å². The van der Waals surface area contributed by atoms with Gasteiger partial charge >= 0.3 is 0 Å². The van der Waals surface area contributed by atoms with Gasteiger partial charge in [-0.2, -0.15) is 0 Å². The lowest BCUT2D eigenvalue weighted by Gasteiger charge is -2.27. The van der Waals surface area contributed by atoms with Gasteiger partial charge in [0.2, 0.25) is 17.7 Å². The summed E-state index contributed by atoms with van der Waals surface area (Å²) in [6.45, 7) is 1.33. The number of aromatic amines is 1. The molecule has 53 heavy (non-hydrogen) atoms. The molecule has 2 aromatic carbocycles. The van der Waals surface area contributed by atoms with Crippen molar-refractivity contribution in [2.24, 2.45) is 0 Å². The van der Waals surface area contributed by atoms with Crippen LogP contribution in [-0.4, -0.2) is 93.5 Å². The number of benzene rings is 2. The summed E-state index contributed by atoms with van der Waals surface area (Å²) in [6.07, 6.45) is 5.99. The number of unbranched alkanes of at least 4 members (excludes halogenated alkanes) is 1. The normalized spacial score (nSPS) is 19.8. The quantitative estimate of drug-likeness (QED) is 0.110. The number of fused-ring (bicyclic) bond motifs is 1. The number of aliphatic hydroxyl groups is 1. The molecule has 2 aromatic heterocycles. The molecule has 0 unspecified atom stereocenters.